The van der Waals surface area contributed by atoms with Gasteiger partial charge in [0.1, 0.15) is 5.76 Å². The number of methoxy groups -OCH3 is 1. The molecule has 104 valence electrons. The summed E-state index contributed by atoms with van der Waals surface area (Å²) in [5.74, 6) is 1.50. The number of furan rings is 1. The molecular formula is C15H20ClNO2. The number of ether oxygens (including phenoxy) is 1. The van der Waals surface area contributed by atoms with Gasteiger partial charge in [0.05, 0.1) is 11.6 Å². The van der Waals surface area contributed by atoms with Gasteiger partial charge in [-0.1, -0.05) is 30.7 Å². The zero-order chi connectivity index (χ0) is 13.7. The van der Waals surface area contributed by atoms with E-state index in [2.05, 4.69) is 18.3 Å². The van der Waals surface area contributed by atoms with Gasteiger partial charge in [-0.05, 0) is 24.6 Å². The van der Waals surface area contributed by atoms with Gasteiger partial charge >= 0.3 is 0 Å². The van der Waals surface area contributed by atoms with Crippen molar-refractivity contribution in [1.82, 2.24) is 5.32 Å². The van der Waals surface area contributed by atoms with Crippen molar-refractivity contribution in [2.45, 2.75) is 13.3 Å². The molecule has 1 N–H and O–H groups in total. The Hall–Kier alpha value is -1.03. The van der Waals surface area contributed by atoms with Crippen molar-refractivity contribution in [3.8, 4) is 0 Å². The highest BCUT2D eigenvalue weighted by molar-refractivity contribution is 6.34. The molecule has 0 amide bonds. The molecule has 1 atom stereocenters. The van der Waals surface area contributed by atoms with E-state index in [1.807, 2.05) is 18.2 Å². The van der Waals surface area contributed by atoms with Crippen LogP contribution in [0.3, 0.4) is 0 Å². The van der Waals surface area contributed by atoms with Crippen LogP contribution in [0, 0.1) is 5.92 Å². The number of benzene rings is 1. The maximum atomic E-state index is 6.11. The monoisotopic (exact) mass is 281 g/mol. The Kier molecular flexibility index (Phi) is 5.25. The Morgan fingerprint density at radius 1 is 1.42 bits per heavy atom. The number of hydrogen-bond acceptors (Lipinski definition) is 3. The molecule has 1 aromatic carbocycles. The first kappa shape index (κ1) is 14.4. The third-order valence-corrected chi connectivity index (χ3v) is 3.37. The van der Waals surface area contributed by atoms with Crippen molar-refractivity contribution in [3.63, 3.8) is 0 Å². The molecule has 1 heterocycles. The SMILES string of the molecule is COCCNCC(C)Cc1cc2cccc(Cl)c2o1. The maximum absolute atomic E-state index is 6.11. The van der Waals surface area contributed by atoms with E-state index < -0.39 is 0 Å². The molecular weight excluding hydrogens is 262 g/mol. The lowest BCUT2D eigenvalue weighted by molar-refractivity contribution is 0.198. The van der Waals surface area contributed by atoms with E-state index in [9.17, 15) is 0 Å². The lowest BCUT2D eigenvalue weighted by Crippen LogP contribution is -2.25. The maximum Gasteiger partial charge on any atom is 0.152 e. The fourth-order valence-electron chi connectivity index (χ4n) is 2.12. The Balaban J connectivity index is 1.92. The zero-order valence-electron chi connectivity index (χ0n) is 11.4. The first-order valence-corrected chi connectivity index (χ1v) is 6.95. The third kappa shape index (κ3) is 3.96. The van der Waals surface area contributed by atoms with Crippen LogP contribution in [-0.4, -0.2) is 26.8 Å². The lowest BCUT2D eigenvalue weighted by atomic mass is 10.1. The minimum atomic E-state index is 0.510. The Morgan fingerprint density at radius 3 is 3.00 bits per heavy atom. The molecule has 0 saturated carbocycles. The molecule has 1 aromatic heterocycles. The molecule has 4 heteroatoms. The first-order valence-electron chi connectivity index (χ1n) is 6.57. The number of nitrogens with one attached hydrogen (secondary N) is 1. The second kappa shape index (κ2) is 6.94. The molecule has 2 aromatic rings. The van der Waals surface area contributed by atoms with Crippen molar-refractivity contribution in [2.24, 2.45) is 5.92 Å². The second-order valence-electron chi connectivity index (χ2n) is 4.88. The predicted molar refractivity (Wildman–Crippen MR) is 78.8 cm³/mol. The van der Waals surface area contributed by atoms with Crippen LogP contribution >= 0.6 is 11.6 Å². The molecule has 0 aliphatic rings. The molecule has 0 fully saturated rings. The molecule has 0 bridgehead atoms. The molecule has 0 radical (unpaired) electrons. The van der Waals surface area contributed by atoms with Gasteiger partial charge in [-0.25, -0.2) is 0 Å². The number of para-hydroxylation sites is 1. The predicted octanol–water partition coefficient (Wildman–Crippen LogP) is 3.50. The number of rotatable bonds is 7. The van der Waals surface area contributed by atoms with Gasteiger partial charge in [0.15, 0.2) is 5.58 Å². The van der Waals surface area contributed by atoms with Crippen LogP contribution in [0.5, 0.6) is 0 Å². The smallest absolute Gasteiger partial charge is 0.152 e. The molecule has 19 heavy (non-hydrogen) atoms. The molecule has 0 aliphatic heterocycles. The van der Waals surface area contributed by atoms with E-state index in [0.29, 0.717) is 10.9 Å². The Morgan fingerprint density at radius 2 is 2.26 bits per heavy atom. The van der Waals surface area contributed by atoms with Crippen LogP contribution < -0.4 is 5.32 Å². The summed E-state index contributed by atoms with van der Waals surface area (Å²) in [5.41, 5.74) is 0.790. The summed E-state index contributed by atoms with van der Waals surface area (Å²) in [6.45, 7) is 4.78. The third-order valence-electron chi connectivity index (χ3n) is 3.07. The fourth-order valence-corrected chi connectivity index (χ4v) is 2.34. The summed E-state index contributed by atoms with van der Waals surface area (Å²) >= 11 is 6.11. The van der Waals surface area contributed by atoms with E-state index in [1.165, 1.54) is 0 Å². The molecule has 0 spiro atoms. The molecule has 0 aliphatic carbocycles. The van der Waals surface area contributed by atoms with Crippen LogP contribution in [-0.2, 0) is 11.2 Å². The highest BCUT2D eigenvalue weighted by Gasteiger charge is 2.10. The fraction of sp³-hybridized carbons (Fsp3) is 0.467. The minimum Gasteiger partial charge on any atom is -0.459 e. The van der Waals surface area contributed by atoms with Gasteiger partial charge in [-0.2, -0.15) is 0 Å². The second-order valence-corrected chi connectivity index (χ2v) is 5.28. The summed E-state index contributed by atoms with van der Waals surface area (Å²) in [4.78, 5) is 0. The van der Waals surface area contributed by atoms with Crippen LogP contribution in [0.1, 0.15) is 12.7 Å². The van der Waals surface area contributed by atoms with Crippen molar-refractivity contribution in [2.75, 3.05) is 26.8 Å². The number of halogens is 1. The molecule has 2 rings (SSSR count). The highest BCUT2D eigenvalue weighted by Crippen LogP contribution is 2.27. The van der Waals surface area contributed by atoms with E-state index in [0.717, 1.165) is 42.8 Å². The van der Waals surface area contributed by atoms with Crippen LogP contribution in [0.4, 0.5) is 0 Å². The summed E-state index contributed by atoms with van der Waals surface area (Å²) in [5, 5.41) is 5.11. The lowest BCUT2D eigenvalue weighted by Gasteiger charge is -2.10. The average molecular weight is 282 g/mol. The summed E-state index contributed by atoms with van der Waals surface area (Å²) in [7, 11) is 1.71. The van der Waals surface area contributed by atoms with Gasteiger partial charge < -0.3 is 14.5 Å². The summed E-state index contributed by atoms with van der Waals surface area (Å²) in [6.07, 6.45) is 0.908. The Bertz CT molecular complexity index is 524. The van der Waals surface area contributed by atoms with Crippen molar-refractivity contribution >= 4 is 22.6 Å². The van der Waals surface area contributed by atoms with Crippen molar-refractivity contribution < 1.29 is 9.15 Å². The van der Waals surface area contributed by atoms with Gasteiger partial charge in [0.25, 0.3) is 0 Å². The van der Waals surface area contributed by atoms with Gasteiger partial charge in [-0.3, -0.25) is 0 Å². The van der Waals surface area contributed by atoms with Crippen LogP contribution in [0.15, 0.2) is 28.7 Å². The van der Waals surface area contributed by atoms with Crippen molar-refractivity contribution in [3.05, 3.63) is 35.0 Å². The standard InChI is InChI=1S/C15H20ClNO2/c1-11(10-17-6-7-18-2)8-13-9-12-4-3-5-14(16)15(12)19-13/h3-5,9,11,17H,6-8,10H2,1-2H3. The molecule has 3 nitrogen and oxygen atoms in total. The van der Waals surface area contributed by atoms with E-state index >= 15 is 0 Å². The number of hydrogen-bond donors (Lipinski definition) is 1. The van der Waals surface area contributed by atoms with E-state index in [-0.39, 0.29) is 0 Å². The normalized spacial score (nSPS) is 13.0. The largest absolute Gasteiger partial charge is 0.459 e. The first-order chi connectivity index (χ1) is 9.20. The molecule has 0 saturated heterocycles. The summed E-state index contributed by atoms with van der Waals surface area (Å²) in [6, 6.07) is 7.90. The Labute approximate surface area is 118 Å². The van der Waals surface area contributed by atoms with Gasteiger partial charge in [0.2, 0.25) is 0 Å². The summed E-state index contributed by atoms with van der Waals surface area (Å²) < 4.78 is 10.8. The van der Waals surface area contributed by atoms with Crippen molar-refractivity contribution in [1.29, 1.82) is 0 Å². The zero-order valence-corrected chi connectivity index (χ0v) is 12.2. The highest BCUT2D eigenvalue weighted by atomic mass is 35.5. The topological polar surface area (TPSA) is 34.4 Å². The van der Waals surface area contributed by atoms with Crippen LogP contribution in [0.25, 0.3) is 11.0 Å². The quantitative estimate of drug-likeness (QED) is 0.789. The van der Waals surface area contributed by atoms with Gasteiger partial charge in [-0.15, -0.1) is 0 Å². The van der Waals surface area contributed by atoms with E-state index in [4.69, 9.17) is 20.8 Å². The van der Waals surface area contributed by atoms with Crippen LogP contribution in [0.2, 0.25) is 5.02 Å². The number of fused-ring (bicyclic) bond motifs is 1. The minimum absolute atomic E-state index is 0.510. The van der Waals surface area contributed by atoms with Gasteiger partial charge in [0, 0.05) is 25.5 Å². The molecule has 1 unspecified atom stereocenters. The van der Waals surface area contributed by atoms with E-state index in [1.54, 1.807) is 7.11 Å². The average Bonchev–Trinajstić information content (AvgIpc) is 2.79.